The predicted octanol–water partition coefficient (Wildman–Crippen LogP) is 9.95. The lowest BCUT2D eigenvalue weighted by molar-refractivity contribution is -0.224. The third-order valence-electron chi connectivity index (χ3n) is 15.7. The number of fused-ring (bicyclic) bond motifs is 7. The van der Waals surface area contributed by atoms with Crippen LogP contribution in [0.4, 0.5) is 0 Å². The van der Waals surface area contributed by atoms with Crippen molar-refractivity contribution in [2.75, 3.05) is 20.6 Å². The van der Waals surface area contributed by atoms with Gasteiger partial charge in [-0.3, -0.25) is 4.79 Å². The summed E-state index contributed by atoms with van der Waals surface area (Å²) in [6.07, 6.45) is 14.8. The minimum absolute atomic E-state index is 0.00796. The molecule has 4 heteroatoms. The fourth-order valence-electron chi connectivity index (χ4n) is 13.3. The number of carboxylic acids is 1. The summed E-state index contributed by atoms with van der Waals surface area (Å²) in [5.41, 5.74) is 4.77. The van der Waals surface area contributed by atoms with Crippen LogP contribution in [0.2, 0.25) is 0 Å². The number of ketones is 1. The van der Waals surface area contributed by atoms with Gasteiger partial charge in [-0.25, -0.2) is 4.79 Å². The minimum Gasteiger partial charge on any atom is -0.478 e. The molecule has 252 valence electrons. The van der Waals surface area contributed by atoms with Gasteiger partial charge in [-0.05, 0) is 166 Å². The van der Waals surface area contributed by atoms with Crippen molar-refractivity contribution in [3.05, 3.63) is 53.6 Å². The van der Waals surface area contributed by atoms with Crippen LogP contribution >= 0.6 is 0 Å². The molecule has 5 aliphatic rings. The first-order valence-electron chi connectivity index (χ1n) is 18.4. The van der Waals surface area contributed by atoms with Gasteiger partial charge in [0.25, 0.3) is 0 Å². The molecule has 1 aromatic rings. The standard InChI is InChI=1S/C42H61NO3/c1-27(2)30-18-23-42(35(44)11-10-26-43(8)9)25-24-40(6)32(36(30)42)16-17-34-39(5)21-19-31(28-12-14-29(15-13-28)37(45)46)38(3,4)33(39)20-22-41(34,40)7/h12-15,19,30,32-34,36H,1,10-11,16-18,20-26H2,2-9H3,(H,45,46)/t30-,32+,33-,34+,36+,39-,40+,41+,42+/m0/s1. The fraction of sp³-hybridized carbons (Fsp3) is 0.714. The number of allylic oxidation sites excluding steroid dienone is 3. The van der Waals surface area contributed by atoms with Gasteiger partial charge in [-0.2, -0.15) is 0 Å². The van der Waals surface area contributed by atoms with Gasteiger partial charge >= 0.3 is 5.97 Å². The average molecular weight is 628 g/mol. The summed E-state index contributed by atoms with van der Waals surface area (Å²) >= 11 is 0. The van der Waals surface area contributed by atoms with Crippen molar-refractivity contribution in [1.82, 2.24) is 4.90 Å². The van der Waals surface area contributed by atoms with Crippen LogP contribution < -0.4 is 0 Å². The molecule has 46 heavy (non-hydrogen) atoms. The van der Waals surface area contributed by atoms with Gasteiger partial charge in [0.2, 0.25) is 0 Å². The van der Waals surface area contributed by atoms with Gasteiger partial charge in [0, 0.05) is 11.8 Å². The van der Waals surface area contributed by atoms with E-state index in [1.54, 1.807) is 12.1 Å². The summed E-state index contributed by atoms with van der Waals surface area (Å²) in [5.74, 6) is 2.43. The van der Waals surface area contributed by atoms with Crippen LogP contribution in [0.25, 0.3) is 5.57 Å². The van der Waals surface area contributed by atoms with Crippen molar-refractivity contribution < 1.29 is 14.7 Å². The van der Waals surface area contributed by atoms with Crippen molar-refractivity contribution in [3.63, 3.8) is 0 Å². The van der Waals surface area contributed by atoms with Gasteiger partial charge in [0.15, 0.2) is 0 Å². The molecule has 0 spiro atoms. The van der Waals surface area contributed by atoms with Crippen molar-refractivity contribution in [1.29, 1.82) is 0 Å². The Morgan fingerprint density at radius 3 is 2.22 bits per heavy atom. The summed E-state index contributed by atoms with van der Waals surface area (Å²) in [7, 11) is 4.22. The minimum atomic E-state index is -0.868. The lowest BCUT2D eigenvalue weighted by Gasteiger charge is -2.72. The number of carbonyl (C=O) groups is 2. The van der Waals surface area contributed by atoms with Crippen molar-refractivity contribution in [2.24, 2.45) is 56.7 Å². The molecule has 0 radical (unpaired) electrons. The van der Waals surface area contributed by atoms with Gasteiger partial charge in [0.1, 0.15) is 5.78 Å². The molecule has 1 aromatic carbocycles. The first kappa shape index (κ1) is 33.7. The maximum atomic E-state index is 14.3. The zero-order valence-corrected chi connectivity index (χ0v) is 30.2. The summed E-state index contributed by atoms with van der Waals surface area (Å²) in [6.45, 7) is 20.6. The van der Waals surface area contributed by atoms with E-state index in [-0.39, 0.29) is 27.1 Å². The van der Waals surface area contributed by atoms with E-state index in [9.17, 15) is 14.7 Å². The SMILES string of the molecule is C=C(C)[C@@H]1CC[C@]2(C(=O)CCCN(C)C)CC[C@]3(C)[C@H](CC[C@@H]4[C@@]5(C)CC=C(c6ccc(C(=O)O)cc6)C(C)(C)[C@@H]5CC[C@]43C)[C@@H]12. The highest BCUT2D eigenvalue weighted by Crippen LogP contribution is 2.78. The Hall–Kier alpha value is -2.20. The summed E-state index contributed by atoms with van der Waals surface area (Å²) in [4.78, 5) is 28.1. The predicted molar refractivity (Wildman–Crippen MR) is 189 cm³/mol. The second-order valence-corrected chi connectivity index (χ2v) is 18.1. The van der Waals surface area contributed by atoms with E-state index in [1.807, 2.05) is 12.1 Å². The van der Waals surface area contributed by atoms with E-state index in [4.69, 9.17) is 0 Å². The third-order valence-corrected chi connectivity index (χ3v) is 15.7. The van der Waals surface area contributed by atoms with Crippen LogP contribution in [-0.2, 0) is 4.79 Å². The van der Waals surface area contributed by atoms with Crippen LogP contribution in [0.1, 0.15) is 128 Å². The Bertz CT molecular complexity index is 1420. The second kappa shape index (κ2) is 11.5. The Kier molecular flexibility index (Phi) is 8.39. The number of hydrogen-bond donors (Lipinski definition) is 1. The van der Waals surface area contributed by atoms with Gasteiger partial charge in [0.05, 0.1) is 5.56 Å². The molecule has 0 aliphatic heterocycles. The monoisotopic (exact) mass is 627 g/mol. The Morgan fingerprint density at radius 1 is 0.891 bits per heavy atom. The second-order valence-electron chi connectivity index (χ2n) is 18.1. The number of carbonyl (C=O) groups excluding carboxylic acids is 1. The Labute approximate surface area is 279 Å². The molecule has 0 heterocycles. The molecular weight excluding hydrogens is 566 g/mol. The van der Waals surface area contributed by atoms with Crippen LogP contribution in [0.15, 0.2) is 42.5 Å². The average Bonchev–Trinajstić information content (AvgIpc) is 3.38. The third kappa shape index (κ3) is 4.77. The number of nitrogens with zero attached hydrogens (tertiary/aromatic N) is 1. The van der Waals surface area contributed by atoms with Crippen molar-refractivity contribution >= 4 is 17.3 Å². The Balaban J connectivity index is 1.33. The number of Topliss-reactive ketones (excluding diaryl/α,β-unsaturated/α-hetero) is 1. The molecule has 1 N–H and O–H groups in total. The van der Waals surface area contributed by atoms with E-state index in [0.29, 0.717) is 40.9 Å². The molecule has 0 amide bonds. The van der Waals surface area contributed by atoms with Crippen molar-refractivity contribution in [2.45, 2.75) is 112 Å². The van der Waals surface area contributed by atoms with Gasteiger partial charge in [-0.1, -0.05) is 65.0 Å². The molecule has 6 rings (SSSR count). The van der Waals surface area contributed by atoms with Crippen LogP contribution in [0.3, 0.4) is 0 Å². The normalized spacial score (nSPS) is 41.1. The smallest absolute Gasteiger partial charge is 0.335 e. The topological polar surface area (TPSA) is 57.6 Å². The maximum absolute atomic E-state index is 14.3. The highest BCUT2D eigenvalue weighted by molar-refractivity contribution is 5.88. The molecule has 4 saturated carbocycles. The molecule has 0 saturated heterocycles. The molecule has 5 aliphatic carbocycles. The summed E-state index contributed by atoms with van der Waals surface area (Å²) in [6, 6.07) is 7.57. The molecule has 0 bridgehead atoms. The zero-order chi connectivity index (χ0) is 33.4. The summed E-state index contributed by atoms with van der Waals surface area (Å²) < 4.78 is 0. The number of aromatic carboxylic acids is 1. The van der Waals surface area contributed by atoms with E-state index in [0.717, 1.165) is 45.1 Å². The van der Waals surface area contributed by atoms with E-state index < -0.39 is 5.97 Å². The lowest BCUT2D eigenvalue weighted by atomic mass is 9.32. The molecule has 4 fully saturated rings. The lowest BCUT2D eigenvalue weighted by Crippen LogP contribution is -2.65. The van der Waals surface area contributed by atoms with Gasteiger partial charge < -0.3 is 10.0 Å². The fourth-order valence-corrected chi connectivity index (χ4v) is 13.3. The number of carboxylic acid groups (broad SMARTS) is 1. The molecule has 9 atom stereocenters. The first-order chi connectivity index (χ1) is 21.5. The number of rotatable bonds is 8. The summed E-state index contributed by atoms with van der Waals surface area (Å²) in [5, 5.41) is 9.46. The maximum Gasteiger partial charge on any atom is 0.335 e. The highest BCUT2D eigenvalue weighted by atomic mass is 16.4. The number of benzene rings is 1. The van der Waals surface area contributed by atoms with Crippen LogP contribution in [0, 0.1) is 56.7 Å². The van der Waals surface area contributed by atoms with E-state index in [2.05, 4.69) is 73.2 Å². The quantitative estimate of drug-likeness (QED) is 0.292. The van der Waals surface area contributed by atoms with Crippen LogP contribution in [0.5, 0.6) is 0 Å². The zero-order valence-electron chi connectivity index (χ0n) is 30.2. The largest absolute Gasteiger partial charge is 0.478 e. The molecule has 0 unspecified atom stereocenters. The molecule has 0 aromatic heterocycles. The first-order valence-corrected chi connectivity index (χ1v) is 18.4. The molecule has 4 nitrogen and oxygen atoms in total. The van der Waals surface area contributed by atoms with Crippen molar-refractivity contribution in [3.8, 4) is 0 Å². The van der Waals surface area contributed by atoms with Gasteiger partial charge in [-0.15, -0.1) is 0 Å². The molecular formula is C42H61NO3. The van der Waals surface area contributed by atoms with Crippen LogP contribution in [-0.4, -0.2) is 42.4 Å². The highest BCUT2D eigenvalue weighted by Gasteiger charge is 2.71. The van der Waals surface area contributed by atoms with E-state index in [1.165, 1.54) is 48.8 Å². The van der Waals surface area contributed by atoms with E-state index >= 15 is 0 Å². The Morgan fingerprint density at radius 2 is 1.59 bits per heavy atom. The number of hydrogen-bond acceptors (Lipinski definition) is 3.